The third-order valence-corrected chi connectivity index (χ3v) is 4.58. The van der Waals surface area contributed by atoms with Gasteiger partial charge < -0.3 is 15.6 Å². The first-order chi connectivity index (χ1) is 12.2. The molecule has 1 aromatic carbocycles. The Morgan fingerprint density at radius 2 is 2.12 bits per heavy atom. The van der Waals surface area contributed by atoms with Crippen molar-refractivity contribution in [2.24, 2.45) is 0 Å². The SMILES string of the molecule is Cc1cc2cc(-c3ccc(C(=O)NC4CCCNC4)nn3)ccc2[nH]1. The van der Waals surface area contributed by atoms with Gasteiger partial charge in [-0.1, -0.05) is 6.07 Å². The van der Waals surface area contributed by atoms with Crippen LogP contribution in [0.25, 0.3) is 22.2 Å². The van der Waals surface area contributed by atoms with Crippen LogP contribution in [-0.4, -0.2) is 40.2 Å². The Kier molecular flexibility index (Phi) is 4.19. The molecule has 1 aliphatic heterocycles. The summed E-state index contributed by atoms with van der Waals surface area (Å²) < 4.78 is 0. The predicted octanol–water partition coefficient (Wildman–Crippen LogP) is 2.42. The maximum atomic E-state index is 12.3. The molecule has 6 heteroatoms. The summed E-state index contributed by atoms with van der Waals surface area (Å²) in [5.74, 6) is -0.163. The Hall–Kier alpha value is -2.73. The summed E-state index contributed by atoms with van der Waals surface area (Å²) >= 11 is 0. The number of fused-ring (bicyclic) bond motifs is 1. The van der Waals surface area contributed by atoms with Crippen LogP contribution < -0.4 is 10.6 Å². The van der Waals surface area contributed by atoms with Gasteiger partial charge in [-0.25, -0.2) is 0 Å². The van der Waals surface area contributed by atoms with Crippen LogP contribution in [0.4, 0.5) is 0 Å². The number of carbonyl (C=O) groups excluding carboxylic acids is 1. The van der Waals surface area contributed by atoms with Gasteiger partial charge in [0.25, 0.3) is 5.91 Å². The molecule has 1 amide bonds. The van der Waals surface area contributed by atoms with E-state index in [1.165, 1.54) is 0 Å². The number of piperidine rings is 1. The van der Waals surface area contributed by atoms with Gasteiger partial charge in [0, 0.05) is 34.7 Å². The molecule has 1 atom stereocenters. The summed E-state index contributed by atoms with van der Waals surface area (Å²) in [7, 11) is 0. The second-order valence-corrected chi connectivity index (χ2v) is 6.57. The van der Waals surface area contributed by atoms with Crippen LogP contribution in [0.2, 0.25) is 0 Å². The molecule has 1 fully saturated rings. The van der Waals surface area contributed by atoms with Gasteiger partial charge in [0.1, 0.15) is 0 Å². The lowest BCUT2D eigenvalue weighted by atomic mass is 10.1. The number of aromatic nitrogens is 3. The van der Waals surface area contributed by atoms with Gasteiger partial charge in [0.2, 0.25) is 0 Å². The molecule has 0 spiro atoms. The Morgan fingerprint density at radius 3 is 2.88 bits per heavy atom. The Balaban J connectivity index is 1.51. The molecular formula is C19H21N5O. The molecule has 3 N–H and O–H groups in total. The van der Waals surface area contributed by atoms with Crippen molar-refractivity contribution in [2.75, 3.05) is 13.1 Å². The summed E-state index contributed by atoms with van der Waals surface area (Å²) in [6, 6.07) is 12.0. The van der Waals surface area contributed by atoms with E-state index in [0.717, 1.165) is 53.8 Å². The number of carbonyl (C=O) groups is 1. The molecule has 1 saturated heterocycles. The molecule has 25 heavy (non-hydrogen) atoms. The minimum absolute atomic E-state index is 0.163. The normalized spacial score (nSPS) is 17.6. The number of aryl methyl sites for hydroxylation is 1. The van der Waals surface area contributed by atoms with Crippen LogP contribution in [0.5, 0.6) is 0 Å². The van der Waals surface area contributed by atoms with Gasteiger partial charge >= 0.3 is 0 Å². The highest BCUT2D eigenvalue weighted by molar-refractivity contribution is 5.92. The van der Waals surface area contributed by atoms with E-state index in [1.807, 2.05) is 25.1 Å². The number of rotatable bonds is 3. The molecule has 6 nitrogen and oxygen atoms in total. The predicted molar refractivity (Wildman–Crippen MR) is 97.4 cm³/mol. The molecule has 2 aromatic heterocycles. The smallest absolute Gasteiger partial charge is 0.272 e. The van der Waals surface area contributed by atoms with Crippen molar-refractivity contribution in [2.45, 2.75) is 25.8 Å². The Labute approximate surface area is 146 Å². The van der Waals surface area contributed by atoms with Gasteiger partial charge in [-0.15, -0.1) is 10.2 Å². The molecule has 128 valence electrons. The lowest BCUT2D eigenvalue weighted by Crippen LogP contribution is -2.45. The summed E-state index contributed by atoms with van der Waals surface area (Å²) in [5.41, 5.74) is 4.33. The summed E-state index contributed by atoms with van der Waals surface area (Å²) in [5, 5.41) is 15.8. The molecule has 0 bridgehead atoms. The van der Waals surface area contributed by atoms with E-state index in [4.69, 9.17) is 0 Å². The molecule has 0 aliphatic carbocycles. The average Bonchev–Trinajstić information content (AvgIpc) is 3.02. The highest BCUT2D eigenvalue weighted by Crippen LogP contribution is 2.23. The van der Waals surface area contributed by atoms with E-state index in [9.17, 15) is 4.79 Å². The zero-order valence-electron chi connectivity index (χ0n) is 14.2. The molecule has 0 radical (unpaired) electrons. The lowest BCUT2D eigenvalue weighted by Gasteiger charge is -2.23. The second-order valence-electron chi connectivity index (χ2n) is 6.57. The third-order valence-electron chi connectivity index (χ3n) is 4.58. The fourth-order valence-electron chi connectivity index (χ4n) is 3.28. The van der Waals surface area contributed by atoms with Crippen LogP contribution in [0.3, 0.4) is 0 Å². The van der Waals surface area contributed by atoms with Crippen molar-refractivity contribution in [3.63, 3.8) is 0 Å². The molecule has 3 heterocycles. The highest BCUT2D eigenvalue weighted by atomic mass is 16.2. The van der Waals surface area contributed by atoms with E-state index in [-0.39, 0.29) is 11.9 Å². The van der Waals surface area contributed by atoms with Gasteiger partial charge in [-0.2, -0.15) is 0 Å². The van der Waals surface area contributed by atoms with E-state index in [0.29, 0.717) is 5.69 Å². The molecule has 0 saturated carbocycles. The van der Waals surface area contributed by atoms with Gasteiger partial charge in [-0.05, 0) is 56.6 Å². The first-order valence-electron chi connectivity index (χ1n) is 8.64. The average molecular weight is 335 g/mol. The first kappa shape index (κ1) is 15.8. The Morgan fingerprint density at radius 1 is 1.20 bits per heavy atom. The van der Waals surface area contributed by atoms with Gasteiger partial charge in [-0.3, -0.25) is 4.79 Å². The molecule has 4 rings (SSSR count). The standard InChI is InChI=1S/C19H21N5O/c1-12-9-14-10-13(4-5-16(14)21-12)17-6-7-18(24-23-17)19(25)22-15-3-2-8-20-11-15/h4-7,9-10,15,20-21H,2-3,8,11H2,1H3,(H,22,25). The lowest BCUT2D eigenvalue weighted by molar-refractivity contribution is 0.0924. The largest absolute Gasteiger partial charge is 0.359 e. The van der Waals surface area contributed by atoms with Crippen molar-refractivity contribution in [1.82, 2.24) is 25.8 Å². The second kappa shape index (κ2) is 6.64. The number of hydrogen-bond donors (Lipinski definition) is 3. The fourth-order valence-corrected chi connectivity index (χ4v) is 3.28. The minimum atomic E-state index is -0.163. The zero-order chi connectivity index (χ0) is 17.2. The van der Waals surface area contributed by atoms with Crippen molar-refractivity contribution >= 4 is 16.8 Å². The topological polar surface area (TPSA) is 82.7 Å². The number of nitrogens with zero attached hydrogens (tertiary/aromatic N) is 2. The zero-order valence-corrected chi connectivity index (χ0v) is 14.2. The number of H-pyrrole nitrogens is 1. The monoisotopic (exact) mass is 335 g/mol. The van der Waals surface area contributed by atoms with Gasteiger partial charge in [0.15, 0.2) is 5.69 Å². The van der Waals surface area contributed by atoms with Gasteiger partial charge in [0.05, 0.1) is 5.69 Å². The first-order valence-corrected chi connectivity index (χ1v) is 8.64. The van der Waals surface area contributed by atoms with Crippen molar-refractivity contribution in [3.8, 4) is 11.3 Å². The number of nitrogens with one attached hydrogen (secondary N) is 3. The maximum absolute atomic E-state index is 12.3. The Bertz CT molecular complexity index is 894. The summed E-state index contributed by atoms with van der Waals surface area (Å²) in [6.07, 6.45) is 2.08. The van der Waals surface area contributed by atoms with Crippen LogP contribution in [-0.2, 0) is 0 Å². The number of amides is 1. The number of hydrogen-bond acceptors (Lipinski definition) is 4. The summed E-state index contributed by atoms with van der Waals surface area (Å²) in [6.45, 7) is 3.87. The van der Waals surface area contributed by atoms with Crippen molar-refractivity contribution in [3.05, 3.63) is 47.8 Å². The quantitative estimate of drug-likeness (QED) is 0.686. The molecule has 1 unspecified atom stereocenters. The maximum Gasteiger partial charge on any atom is 0.272 e. The molecule has 3 aromatic rings. The fraction of sp³-hybridized carbons (Fsp3) is 0.316. The van der Waals surface area contributed by atoms with E-state index in [1.54, 1.807) is 6.07 Å². The molecular weight excluding hydrogens is 314 g/mol. The number of aromatic amines is 1. The molecule has 1 aliphatic rings. The van der Waals surface area contributed by atoms with Crippen LogP contribution in [0, 0.1) is 6.92 Å². The third kappa shape index (κ3) is 3.39. The number of benzene rings is 1. The van der Waals surface area contributed by atoms with Crippen molar-refractivity contribution in [1.29, 1.82) is 0 Å². The van der Waals surface area contributed by atoms with E-state index >= 15 is 0 Å². The van der Waals surface area contributed by atoms with Crippen LogP contribution in [0.15, 0.2) is 36.4 Å². The highest BCUT2D eigenvalue weighted by Gasteiger charge is 2.17. The van der Waals surface area contributed by atoms with Crippen molar-refractivity contribution < 1.29 is 4.79 Å². The minimum Gasteiger partial charge on any atom is -0.359 e. The van der Waals surface area contributed by atoms with Crippen LogP contribution in [0.1, 0.15) is 29.0 Å². The van der Waals surface area contributed by atoms with E-state index < -0.39 is 0 Å². The van der Waals surface area contributed by atoms with E-state index in [2.05, 4.69) is 37.9 Å². The summed E-state index contributed by atoms with van der Waals surface area (Å²) in [4.78, 5) is 15.6. The van der Waals surface area contributed by atoms with Crippen LogP contribution >= 0.6 is 0 Å².